The van der Waals surface area contributed by atoms with Crippen LogP contribution in [0.3, 0.4) is 0 Å². The monoisotopic (exact) mass is 494 g/mol. The van der Waals surface area contributed by atoms with Crippen LogP contribution in [0.5, 0.6) is 5.75 Å². The van der Waals surface area contributed by atoms with Crippen molar-refractivity contribution in [2.75, 3.05) is 12.4 Å². The summed E-state index contributed by atoms with van der Waals surface area (Å²) in [5.41, 5.74) is 2.62. The average Bonchev–Trinajstić information content (AvgIpc) is 2.82. The fourth-order valence-electron chi connectivity index (χ4n) is 3.36. The van der Waals surface area contributed by atoms with Crippen molar-refractivity contribution in [3.63, 3.8) is 0 Å². The lowest BCUT2D eigenvalue weighted by Gasteiger charge is -2.17. The number of amides is 1. The number of aryl methyl sites for hydroxylation is 2. The first kappa shape index (κ1) is 23.8. The number of ether oxygens (including phenoxy) is 1. The van der Waals surface area contributed by atoms with Crippen molar-refractivity contribution >= 4 is 45.9 Å². The molecule has 1 atom stereocenters. The third-order valence-electron chi connectivity index (χ3n) is 5.26. The van der Waals surface area contributed by atoms with Crippen molar-refractivity contribution in [2.45, 2.75) is 31.2 Å². The van der Waals surface area contributed by atoms with Gasteiger partial charge in [-0.2, -0.15) is 0 Å². The van der Waals surface area contributed by atoms with Crippen LogP contribution in [-0.4, -0.2) is 32.8 Å². The Bertz CT molecular complexity index is 1440. The maximum absolute atomic E-state index is 13.4. The molecule has 0 bridgehead atoms. The summed E-state index contributed by atoms with van der Waals surface area (Å²) in [6.45, 7) is 5.53. The molecule has 0 spiro atoms. The molecule has 4 rings (SSSR count). The van der Waals surface area contributed by atoms with Gasteiger partial charge in [0.15, 0.2) is 5.16 Å². The van der Waals surface area contributed by atoms with E-state index >= 15 is 0 Å². The number of hydrogen-bond acceptors (Lipinski definition) is 6. The smallest absolute Gasteiger partial charge is 0.267 e. The van der Waals surface area contributed by atoms with Crippen molar-refractivity contribution in [2.24, 2.45) is 0 Å². The minimum Gasteiger partial charge on any atom is -0.495 e. The molecule has 0 aliphatic heterocycles. The number of rotatable bonds is 6. The minimum atomic E-state index is -0.578. The van der Waals surface area contributed by atoms with E-state index in [1.54, 1.807) is 49.5 Å². The third kappa shape index (κ3) is 4.78. The fourth-order valence-corrected chi connectivity index (χ4v) is 4.43. The largest absolute Gasteiger partial charge is 0.495 e. The Morgan fingerprint density at radius 1 is 1.18 bits per heavy atom. The van der Waals surface area contributed by atoms with Crippen LogP contribution in [-0.2, 0) is 4.79 Å². The van der Waals surface area contributed by atoms with Crippen LogP contribution < -0.4 is 15.6 Å². The number of para-hydroxylation sites is 1. The van der Waals surface area contributed by atoms with Gasteiger partial charge in [-0.3, -0.25) is 9.59 Å². The fraction of sp³-hybridized carbons (Fsp3) is 0.200. The van der Waals surface area contributed by atoms with Gasteiger partial charge in [-0.15, -0.1) is 0 Å². The number of halogens is 1. The maximum Gasteiger partial charge on any atom is 0.267 e. The molecule has 0 radical (unpaired) electrons. The Hall–Kier alpha value is -3.36. The number of methoxy groups -OCH3 is 1. The van der Waals surface area contributed by atoms with E-state index in [9.17, 15) is 9.59 Å². The zero-order valence-corrected chi connectivity index (χ0v) is 20.7. The Balaban J connectivity index is 1.70. The highest BCUT2D eigenvalue weighted by atomic mass is 35.5. The van der Waals surface area contributed by atoms with Crippen LogP contribution in [0, 0.1) is 13.8 Å². The lowest BCUT2D eigenvalue weighted by molar-refractivity contribution is -0.115. The number of nitrogens with one attached hydrogen (secondary N) is 1. The molecule has 9 heteroatoms. The van der Waals surface area contributed by atoms with Crippen LogP contribution >= 0.6 is 23.4 Å². The van der Waals surface area contributed by atoms with Crippen LogP contribution in [0.4, 0.5) is 5.69 Å². The van der Waals surface area contributed by atoms with Crippen molar-refractivity contribution in [3.8, 4) is 11.6 Å². The van der Waals surface area contributed by atoms with Crippen molar-refractivity contribution < 1.29 is 9.53 Å². The lowest BCUT2D eigenvalue weighted by Crippen LogP contribution is -2.26. The Morgan fingerprint density at radius 3 is 2.65 bits per heavy atom. The molecule has 1 N–H and O–H groups in total. The van der Waals surface area contributed by atoms with E-state index in [1.807, 2.05) is 26.0 Å². The highest BCUT2D eigenvalue weighted by molar-refractivity contribution is 8.00. The summed E-state index contributed by atoms with van der Waals surface area (Å²) in [4.78, 5) is 35.5. The summed E-state index contributed by atoms with van der Waals surface area (Å²) >= 11 is 7.35. The van der Waals surface area contributed by atoms with Gasteiger partial charge in [0.1, 0.15) is 11.6 Å². The van der Waals surface area contributed by atoms with Gasteiger partial charge in [-0.25, -0.2) is 14.5 Å². The van der Waals surface area contributed by atoms with E-state index in [-0.39, 0.29) is 11.5 Å². The first-order valence-electron chi connectivity index (χ1n) is 10.5. The standard InChI is InChI=1S/C25H23ClN4O3S/c1-14-9-10-22(27-13-14)30-24(32)17-7-5-6-8-19(17)29-25(30)34-16(3)23(31)28-20-11-15(2)18(26)12-21(20)33-4/h5-13,16H,1-4H3,(H,28,31). The van der Waals surface area contributed by atoms with E-state index in [2.05, 4.69) is 15.3 Å². The molecule has 0 saturated heterocycles. The SMILES string of the molecule is COc1cc(Cl)c(C)cc1NC(=O)C(C)Sc1nc2ccccc2c(=O)n1-c1ccc(C)cn1. The molecule has 1 amide bonds. The maximum atomic E-state index is 13.4. The molecule has 174 valence electrons. The highest BCUT2D eigenvalue weighted by Gasteiger charge is 2.22. The van der Waals surface area contributed by atoms with E-state index in [4.69, 9.17) is 16.3 Å². The van der Waals surface area contributed by atoms with E-state index in [0.29, 0.717) is 38.3 Å². The number of pyridine rings is 1. The normalized spacial score (nSPS) is 11.9. The molecular formula is C25H23ClN4O3S. The number of hydrogen-bond donors (Lipinski definition) is 1. The Morgan fingerprint density at radius 2 is 1.94 bits per heavy atom. The molecule has 0 aliphatic rings. The second-order valence-corrected chi connectivity index (χ2v) is 9.51. The quantitative estimate of drug-likeness (QED) is 0.293. The van der Waals surface area contributed by atoms with Gasteiger partial charge >= 0.3 is 0 Å². The first-order chi connectivity index (χ1) is 16.3. The summed E-state index contributed by atoms with van der Waals surface area (Å²) in [5.74, 6) is 0.639. The van der Waals surface area contributed by atoms with Gasteiger partial charge in [0, 0.05) is 17.3 Å². The number of fused-ring (bicyclic) bond motifs is 1. The zero-order chi connectivity index (χ0) is 24.4. The van der Waals surface area contributed by atoms with Gasteiger partial charge < -0.3 is 10.1 Å². The number of carbonyl (C=O) groups excluding carboxylic acids is 1. The van der Waals surface area contributed by atoms with Gasteiger partial charge in [-0.1, -0.05) is 41.6 Å². The second-order valence-electron chi connectivity index (χ2n) is 7.80. The summed E-state index contributed by atoms with van der Waals surface area (Å²) in [6, 6.07) is 14.2. The topological polar surface area (TPSA) is 86.1 Å². The van der Waals surface area contributed by atoms with Crippen LogP contribution in [0.25, 0.3) is 16.7 Å². The number of carbonyl (C=O) groups is 1. The van der Waals surface area contributed by atoms with E-state index < -0.39 is 5.25 Å². The molecule has 2 heterocycles. The number of benzene rings is 2. The minimum absolute atomic E-state index is 0.243. The predicted molar refractivity (Wildman–Crippen MR) is 137 cm³/mol. The van der Waals surface area contributed by atoms with Crippen LogP contribution in [0.1, 0.15) is 18.1 Å². The molecule has 4 aromatic rings. The van der Waals surface area contributed by atoms with E-state index in [0.717, 1.165) is 11.1 Å². The number of aromatic nitrogens is 3. The lowest BCUT2D eigenvalue weighted by atomic mass is 10.2. The van der Waals surface area contributed by atoms with E-state index in [1.165, 1.54) is 23.4 Å². The first-order valence-corrected chi connectivity index (χ1v) is 11.8. The van der Waals surface area contributed by atoms with Gasteiger partial charge in [0.05, 0.1) is 29.0 Å². The molecule has 0 saturated carbocycles. The van der Waals surface area contributed by atoms with Crippen LogP contribution in [0.15, 0.2) is 64.7 Å². The Kier molecular flexibility index (Phi) is 6.90. The number of nitrogens with zero attached hydrogens (tertiary/aromatic N) is 3. The summed E-state index contributed by atoms with van der Waals surface area (Å²) in [5, 5.41) is 3.72. The zero-order valence-electron chi connectivity index (χ0n) is 19.1. The third-order valence-corrected chi connectivity index (χ3v) is 6.72. The molecule has 1 unspecified atom stereocenters. The molecule has 0 aliphatic carbocycles. The molecule has 0 fully saturated rings. The number of anilines is 1. The predicted octanol–water partition coefficient (Wildman–Crippen LogP) is 5.18. The summed E-state index contributed by atoms with van der Waals surface area (Å²) in [6.07, 6.45) is 1.69. The van der Waals surface area contributed by atoms with Gasteiger partial charge in [0.2, 0.25) is 5.91 Å². The molecule has 2 aromatic carbocycles. The van der Waals surface area contributed by atoms with Crippen molar-refractivity contribution in [3.05, 3.63) is 81.2 Å². The average molecular weight is 495 g/mol. The highest BCUT2D eigenvalue weighted by Crippen LogP contribution is 2.32. The van der Waals surface area contributed by atoms with Crippen molar-refractivity contribution in [1.82, 2.24) is 14.5 Å². The molecule has 7 nitrogen and oxygen atoms in total. The van der Waals surface area contributed by atoms with Gasteiger partial charge in [-0.05, 0) is 56.2 Å². The molecular weight excluding hydrogens is 472 g/mol. The Labute approximate surface area is 206 Å². The summed E-state index contributed by atoms with van der Waals surface area (Å²) < 4.78 is 6.81. The van der Waals surface area contributed by atoms with Crippen molar-refractivity contribution in [1.29, 1.82) is 0 Å². The van der Waals surface area contributed by atoms with Crippen LogP contribution in [0.2, 0.25) is 5.02 Å². The molecule has 2 aromatic heterocycles. The number of thioether (sulfide) groups is 1. The second kappa shape index (κ2) is 9.87. The molecule has 34 heavy (non-hydrogen) atoms. The summed E-state index contributed by atoms with van der Waals surface area (Å²) in [7, 11) is 1.51. The van der Waals surface area contributed by atoms with Gasteiger partial charge in [0.25, 0.3) is 5.56 Å².